The predicted octanol–water partition coefficient (Wildman–Crippen LogP) is 2.75. The molecule has 0 aliphatic heterocycles. The summed E-state index contributed by atoms with van der Waals surface area (Å²) in [6.45, 7) is 3.81. The maximum atomic E-state index is 5.15. The van der Waals surface area contributed by atoms with E-state index in [1.807, 2.05) is 12.1 Å². The van der Waals surface area contributed by atoms with Gasteiger partial charge in [-0.15, -0.1) is 5.10 Å². The van der Waals surface area contributed by atoms with Gasteiger partial charge in [-0.2, -0.15) is 10.1 Å². The average molecular weight is 301 g/mol. The number of unbranched alkanes of at least 4 members (excludes halogenated alkanes) is 1. The fraction of sp³-hybridized carbons (Fsp3) is 0.438. The number of nitrogens with zero attached hydrogens (tertiary/aromatic N) is 3. The summed E-state index contributed by atoms with van der Waals surface area (Å²) in [4.78, 5) is 4.39. The summed E-state index contributed by atoms with van der Waals surface area (Å²) in [6.07, 6.45) is 4.78. The molecule has 6 heteroatoms. The standard InChI is InChI=1S/C16H23N5O/c1-3-4-10-18-16-20-15(12-19-21-16)17-11-9-13-5-7-14(22-2)8-6-13/h5-8,12H,3-4,9-11H2,1-2H3,(H2,17,18,20,21). The highest BCUT2D eigenvalue weighted by atomic mass is 16.5. The number of aromatic nitrogens is 3. The van der Waals surface area contributed by atoms with Crippen LogP contribution in [0.25, 0.3) is 0 Å². The third-order valence-corrected chi connectivity index (χ3v) is 3.25. The Morgan fingerprint density at radius 3 is 2.64 bits per heavy atom. The molecule has 0 unspecified atom stereocenters. The first-order valence-electron chi connectivity index (χ1n) is 7.62. The summed E-state index contributed by atoms with van der Waals surface area (Å²) in [7, 11) is 1.67. The molecule has 0 spiro atoms. The highest BCUT2D eigenvalue weighted by molar-refractivity contribution is 5.37. The topological polar surface area (TPSA) is 72.0 Å². The zero-order chi connectivity index (χ0) is 15.6. The van der Waals surface area contributed by atoms with Gasteiger partial charge in [0, 0.05) is 13.1 Å². The van der Waals surface area contributed by atoms with Gasteiger partial charge >= 0.3 is 0 Å². The number of hydrogen-bond donors (Lipinski definition) is 2. The van der Waals surface area contributed by atoms with E-state index in [0.717, 1.165) is 43.9 Å². The van der Waals surface area contributed by atoms with E-state index < -0.39 is 0 Å². The van der Waals surface area contributed by atoms with Crippen LogP contribution in [0.4, 0.5) is 11.8 Å². The van der Waals surface area contributed by atoms with Crippen LogP contribution in [0.1, 0.15) is 25.3 Å². The highest BCUT2D eigenvalue weighted by Gasteiger charge is 2.00. The maximum Gasteiger partial charge on any atom is 0.244 e. The Balaban J connectivity index is 1.79. The number of nitrogens with one attached hydrogen (secondary N) is 2. The second-order valence-corrected chi connectivity index (χ2v) is 4.97. The second-order valence-electron chi connectivity index (χ2n) is 4.97. The van der Waals surface area contributed by atoms with Crippen LogP contribution in [0, 0.1) is 0 Å². The predicted molar refractivity (Wildman–Crippen MR) is 88.4 cm³/mol. The molecule has 2 aromatic rings. The minimum Gasteiger partial charge on any atom is -0.497 e. The molecule has 0 aliphatic rings. The van der Waals surface area contributed by atoms with E-state index in [0.29, 0.717) is 5.95 Å². The summed E-state index contributed by atoms with van der Waals surface area (Å²) in [5, 5.41) is 14.4. The number of hydrogen-bond acceptors (Lipinski definition) is 6. The van der Waals surface area contributed by atoms with Crippen LogP contribution in [0.15, 0.2) is 30.5 Å². The van der Waals surface area contributed by atoms with Gasteiger partial charge in [-0.05, 0) is 30.5 Å². The summed E-state index contributed by atoms with van der Waals surface area (Å²) in [5.74, 6) is 2.19. The fourth-order valence-corrected chi connectivity index (χ4v) is 1.97. The van der Waals surface area contributed by atoms with Crippen LogP contribution < -0.4 is 15.4 Å². The molecule has 118 valence electrons. The molecule has 0 saturated carbocycles. The third kappa shape index (κ3) is 5.20. The van der Waals surface area contributed by atoms with Gasteiger partial charge < -0.3 is 15.4 Å². The van der Waals surface area contributed by atoms with E-state index in [1.54, 1.807) is 13.3 Å². The lowest BCUT2D eigenvalue weighted by molar-refractivity contribution is 0.414. The van der Waals surface area contributed by atoms with E-state index in [1.165, 1.54) is 5.56 Å². The largest absolute Gasteiger partial charge is 0.497 e. The van der Waals surface area contributed by atoms with E-state index >= 15 is 0 Å². The summed E-state index contributed by atoms with van der Waals surface area (Å²) in [6, 6.07) is 8.07. The van der Waals surface area contributed by atoms with E-state index in [2.05, 4.69) is 44.9 Å². The van der Waals surface area contributed by atoms with Crippen LogP contribution >= 0.6 is 0 Å². The molecule has 0 radical (unpaired) electrons. The Labute approximate surface area is 131 Å². The van der Waals surface area contributed by atoms with Gasteiger partial charge in [0.05, 0.1) is 13.3 Å². The van der Waals surface area contributed by atoms with Gasteiger partial charge in [0.15, 0.2) is 5.82 Å². The average Bonchev–Trinajstić information content (AvgIpc) is 2.56. The molecule has 6 nitrogen and oxygen atoms in total. The van der Waals surface area contributed by atoms with Crippen molar-refractivity contribution in [2.24, 2.45) is 0 Å². The molecule has 1 aromatic heterocycles. The SMILES string of the molecule is CCCCNc1nncc(NCCc2ccc(OC)cc2)n1. The fourth-order valence-electron chi connectivity index (χ4n) is 1.97. The first-order valence-corrected chi connectivity index (χ1v) is 7.62. The summed E-state index contributed by atoms with van der Waals surface area (Å²) in [5.41, 5.74) is 1.25. The summed E-state index contributed by atoms with van der Waals surface area (Å²) < 4.78 is 5.15. The van der Waals surface area contributed by atoms with Crippen molar-refractivity contribution in [3.63, 3.8) is 0 Å². The number of methoxy groups -OCH3 is 1. The Bertz CT molecular complexity index is 559. The maximum absolute atomic E-state index is 5.15. The molecule has 2 N–H and O–H groups in total. The Morgan fingerprint density at radius 1 is 1.09 bits per heavy atom. The Morgan fingerprint density at radius 2 is 1.91 bits per heavy atom. The monoisotopic (exact) mass is 301 g/mol. The van der Waals surface area contributed by atoms with Crippen LogP contribution in [0.5, 0.6) is 5.75 Å². The first kappa shape index (κ1) is 16.0. The van der Waals surface area contributed by atoms with Crippen molar-refractivity contribution < 1.29 is 4.74 Å². The minimum absolute atomic E-state index is 0.572. The van der Waals surface area contributed by atoms with Gasteiger partial charge in [-0.1, -0.05) is 25.5 Å². The van der Waals surface area contributed by atoms with Crippen LogP contribution in [-0.2, 0) is 6.42 Å². The first-order chi connectivity index (χ1) is 10.8. The van der Waals surface area contributed by atoms with E-state index in [9.17, 15) is 0 Å². The van der Waals surface area contributed by atoms with Crippen molar-refractivity contribution in [2.45, 2.75) is 26.2 Å². The van der Waals surface area contributed by atoms with Gasteiger partial charge in [-0.25, -0.2) is 0 Å². The minimum atomic E-state index is 0.572. The van der Waals surface area contributed by atoms with Crippen molar-refractivity contribution in [1.29, 1.82) is 0 Å². The lowest BCUT2D eigenvalue weighted by Crippen LogP contribution is -2.10. The highest BCUT2D eigenvalue weighted by Crippen LogP contribution is 2.12. The molecule has 0 aliphatic carbocycles. The second kappa shape index (κ2) is 8.81. The molecule has 2 rings (SSSR count). The van der Waals surface area contributed by atoms with E-state index in [4.69, 9.17) is 4.74 Å². The molecule has 0 atom stereocenters. The zero-order valence-corrected chi connectivity index (χ0v) is 13.2. The van der Waals surface area contributed by atoms with Crippen molar-refractivity contribution >= 4 is 11.8 Å². The third-order valence-electron chi connectivity index (χ3n) is 3.25. The molecule has 1 aromatic carbocycles. The molecular formula is C16H23N5O. The number of rotatable bonds is 9. The summed E-state index contributed by atoms with van der Waals surface area (Å²) >= 11 is 0. The molecule has 0 amide bonds. The molecule has 22 heavy (non-hydrogen) atoms. The van der Waals surface area contributed by atoms with Crippen molar-refractivity contribution in [3.05, 3.63) is 36.0 Å². The van der Waals surface area contributed by atoms with Crippen molar-refractivity contribution in [2.75, 3.05) is 30.8 Å². The Kier molecular flexibility index (Phi) is 6.41. The molecule has 0 fully saturated rings. The van der Waals surface area contributed by atoms with Crippen LogP contribution in [-0.4, -0.2) is 35.4 Å². The number of anilines is 2. The lowest BCUT2D eigenvalue weighted by atomic mass is 10.1. The number of benzene rings is 1. The molecule has 0 saturated heterocycles. The molecule has 1 heterocycles. The van der Waals surface area contributed by atoms with E-state index in [-0.39, 0.29) is 0 Å². The lowest BCUT2D eigenvalue weighted by Gasteiger charge is -2.08. The van der Waals surface area contributed by atoms with Gasteiger partial charge in [0.2, 0.25) is 5.95 Å². The smallest absolute Gasteiger partial charge is 0.244 e. The van der Waals surface area contributed by atoms with Gasteiger partial charge in [-0.3, -0.25) is 0 Å². The van der Waals surface area contributed by atoms with Gasteiger partial charge in [0.25, 0.3) is 0 Å². The molecular weight excluding hydrogens is 278 g/mol. The van der Waals surface area contributed by atoms with Crippen LogP contribution in [0.3, 0.4) is 0 Å². The normalized spacial score (nSPS) is 10.3. The quantitative estimate of drug-likeness (QED) is 0.694. The Hall–Kier alpha value is -2.37. The van der Waals surface area contributed by atoms with Gasteiger partial charge in [0.1, 0.15) is 5.75 Å². The van der Waals surface area contributed by atoms with Crippen molar-refractivity contribution in [1.82, 2.24) is 15.2 Å². The van der Waals surface area contributed by atoms with Crippen LogP contribution in [0.2, 0.25) is 0 Å². The zero-order valence-electron chi connectivity index (χ0n) is 13.2. The van der Waals surface area contributed by atoms with Crippen molar-refractivity contribution in [3.8, 4) is 5.75 Å². The molecule has 0 bridgehead atoms. The number of ether oxygens (including phenoxy) is 1.